The lowest BCUT2D eigenvalue weighted by molar-refractivity contribution is -0.152. The largest absolute Gasteiger partial charge is 0.481 e. The highest BCUT2D eigenvalue weighted by Crippen LogP contribution is 2.44. The molecule has 1 aromatic carbocycles. The summed E-state index contributed by atoms with van der Waals surface area (Å²) in [6, 6.07) is 6.81. The summed E-state index contributed by atoms with van der Waals surface area (Å²) in [7, 11) is 0. The van der Waals surface area contributed by atoms with Crippen molar-refractivity contribution in [2.45, 2.75) is 24.4 Å². The number of nitrogens with two attached hydrogens (primary N) is 1. The van der Waals surface area contributed by atoms with Crippen LogP contribution in [0.5, 0.6) is 0 Å². The van der Waals surface area contributed by atoms with E-state index in [2.05, 4.69) is 0 Å². The molecule has 0 atom stereocenters. The van der Waals surface area contributed by atoms with E-state index in [9.17, 15) is 15.0 Å². The zero-order chi connectivity index (χ0) is 11.1. The van der Waals surface area contributed by atoms with Crippen LogP contribution in [0.25, 0.3) is 0 Å². The van der Waals surface area contributed by atoms with Gasteiger partial charge in [-0.05, 0) is 30.5 Å². The third kappa shape index (κ3) is 1.86. The summed E-state index contributed by atoms with van der Waals surface area (Å²) in [6.45, 7) is 0. The van der Waals surface area contributed by atoms with E-state index < -0.39 is 17.5 Å². The van der Waals surface area contributed by atoms with Crippen LogP contribution >= 0.6 is 12.4 Å². The number of aliphatic carboxylic acids is 1. The highest BCUT2D eigenvalue weighted by atomic mass is 35.5. The predicted molar refractivity (Wildman–Crippen MR) is 62.7 cm³/mol. The van der Waals surface area contributed by atoms with E-state index in [1.54, 1.807) is 24.3 Å². The molecule has 0 saturated heterocycles. The molecule has 5 heteroatoms. The second-order valence-electron chi connectivity index (χ2n) is 4.07. The fourth-order valence-corrected chi connectivity index (χ4v) is 2.08. The number of hydrogen-bond donors (Lipinski definition) is 3. The average Bonchev–Trinajstić information content (AvgIpc) is 2.13. The fraction of sp³-hybridized carbons (Fsp3) is 0.364. The Labute approximate surface area is 99.5 Å². The minimum Gasteiger partial charge on any atom is -0.481 e. The minimum atomic E-state index is -0.910. The van der Waals surface area contributed by atoms with Crippen molar-refractivity contribution >= 4 is 24.1 Å². The Morgan fingerprint density at radius 2 is 1.81 bits per heavy atom. The summed E-state index contributed by atoms with van der Waals surface area (Å²) in [5.41, 5.74) is 5.95. The molecule has 1 aliphatic carbocycles. The SMILES string of the molecule is Cl.Nc1ccc(C2(C(=O)O)CC(O)C2)cc1. The molecule has 0 aromatic heterocycles. The number of carboxylic acid groups (broad SMARTS) is 1. The van der Waals surface area contributed by atoms with Gasteiger partial charge in [0.25, 0.3) is 0 Å². The Balaban J connectivity index is 0.00000128. The second-order valence-corrected chi connectivity index (χ2v) is 4.07. The first-order valence-electron chi connectivity index (χ1n) is 4.82. The zero-order valence-corrected chi connectivity index (χ0v) is 9.41. The summed E-state index contributed by atoms with van der Waals surface area (Å²) in [5.74, 6) is -0.877. The van der Waals surface area contributed by atoms with Crippen molar-refractivity contribution < 1.29 is 15.0 Å². The highest BCUT2D eigenvalue weighted by Gasteiger charge is 2.51. The van der Waals surface area contributed by atoms with Crippen molar-refractivity contribution in [3.63, 3.8) is 0 Å². The maximum atomic E-state index is 11.2. The molecule has 4 nitrogen and oxygen atoms in total. The maximum Gasteiger partial charge on any atom is 0.314 e. The number of aliphatic hydroxyl groups is 1. The molecular formula is C11H14ClNO3. The Morgan fingerprint density at radius 3 is 2.19 bits per heavy atom. The van der Waals surface area contributed by atoms with Crippen molar-refractivity contribution in [1.82, 2.24) is 0 Å². The van der Waals surface area contributed by atoms with Crippen molar-refractivity contribution in [2.75, 3.05) is 5.73 Å². The standard InChI is InChI=1S/C11H13NO3.ClH/c12-8-3-1-7(2-4-8)11(10(14)15)5-9(13)6-11;/h1-4,9,13H,5-6,12H2,(H,14,15);1H. The van der Waals surface area contributed by atoms with Crippen LogP contribution in [-0.4, -0.2) is 22.3 Å². The van der Waals surface area contributed by atoms with Gasteiger partial charge in [-0.15, -0.1) is 12.4 Å². The van der Waals surface area contributed by atoms with Crippen molar-refractivity contribution in [1.29, 1.82) is 0 Å². The van der Waals surface area contributed by atoms with Crippen LogP contribution in [0.4, 0.5) is 5.69 Å². The van der Waals surface area contributed by atoms with Crippen molar-refractivity contribution in [2.24, 2.45) is 0 Å². The molecule has 0 heterocycles. The van der Waals surface area contributed by atoms with Gasteiger partial charge in [-0.2, -0.15) is 0 Å². The van der Waals surface area contributed by atoms with Gasteiger partial charge in [0.05, 0.1) is 11.5 Å². The average molecular weight is 244 g/mol. The van der Waals surface area contributed by atoms with Crippen molar-refractivity contribution in [3.05, 3.63) is 29.8 Å². The molecule has 1 aromatic rings. The molecule has 4 N–H and O–H groups in total. The molecule has 16 heavy (non-hydrogen) atoms. The Hall–Kier alpha value is -1.26. The number of rotatable bonds is 2. The van der Waals surface area contributed by atoms with Gasteiger partial charge in [-0.1, -0.05) is 12.1 Å². The number of anilines is 1. The van der Waals surface area contributed by atoms with Gasteiger partial charge in [-0.25, -0.2) is 0 Å². The van der Waals surface area contributed by atoms with Crippen LogP contribution < -0.4 is 5.73 Å². The first-order chi connectivity index (χ1) is 7.04. The summed E-state index contributed by atoms with van der Waals surface area (Å²) in [5, 5.41) is 18.4. The van der Waals surface area contributed by atoms with Gasteiger partial charge in [0.15, 0.2) is 0 Å². The topological polar surface area (TPSA) is 83.6 Å². The first-order valence-corrected chi connectivity index (χ1v) is 4.82. The minimum absolute atomic E-state index is 0. The molecule has 0 aliphatic heterocycles. The number of hydrogen-bond acceptors (Lipinski definition) is 3. The number of carbonyl (C=O) groups is 1. The molecule has 0 unspecified atom stereocenters. The quantitative estimate of drug-likeness (QED) is 0.681. The van der Waals surface area contributed by atoms with Crippen LogP contribution in [0.1, 0.15) is 18.4 Å². The van der Waals surface area contributed by atoms with E-state index in [4.69, 9.17) is 5.73 Å². The lowest BCUT2D eigenvalue weighted by Gasteiger charge is -2.42. The smallest absolute Gasteiger partial charge is 0.314 e. The van der Waals surface area contributed by atoms with Crippen LogP contribution in [0.3, 0.4) is 0 Å². The van der Waals surface area contributed by atoms with Gasteiger partial charge >= 0.3 is 5.97 Å². The number of aliphatic hydroxyl groups excluding tert-OH is 1. The van der Waals surface area contributed by atoms with E-state index in [0.717, 1.165) is 5.56 Å². The maximum absolute atomic E-state index is 11.2. The number of carboxylic acids is 1. The first kappa shape index (κ1) is 12.8. The normalized spacial score (nSPS) is 27.7. The third-order valence-electron chi connectivity index (χ3n) is 3.04. The molecule has 2 rings (SSSR count). The highest BCUT2D eigenvalue weighted by molar-refractivity contribution is 5.85. The van der Waals surface area contributed by atoms with Crippen LogP contribution in [0, 0.1) is 0 Å². The number of halogens is 1. The van der Waals surface area contributed by atoms with Gasteiger partial charge in [0.2, 0.25) is 0 Å². The summed E-state index contributed by atoms with van der Waals surface area (Å²) < 4.78 is 0. The monoisotopic (exact) mass is 243 g/mol. The Morgan fingerprint density at radius 1 is 1.31 bits per heavy atom. The molecule has 0 spiro atoms. The summed E-state index contributed by atoms with van der Waals surface area (Å²) in [4.78, 5) is 11.2. The molecule has 1 aliphatic rings. The van der Waals surface area contributed by atoms with Gasteiger partial charge in [-0.3, -0.25) is 4.79 Å². The number of benzene rings is 1. The molecule has 1 fully saturated rings. The fourth-order valence-electron chi connectivity index (χ4n) is 2.08. The number of nitrogen functional groups attached to an aromatic ring is 1. The summed E-state index contributed by atoms with van der Waals surface area (Å²) in [6.07, 6.45) is 0.0667. The zero-order valence-electron chi connectivity index (χ0n) is 8.59. The van der Waals surface area contributed by atoms with Crippen LogP contribution in [0.15, 0.2) is 24.3 Å². The van der Waals surface area contributed by atoms with Gasteiger partial charge < -0.3 is 15.9 Å². The van der Waals surface area contributed by atoms with E-state index in [1.807, 2.05) is 0 Å². The Kier molecular flexibility index (Phi) is 3.45. The molecule has 0 radical (unpaired) electrons. The summed E-state index contributed by atoms with van der Waals surface area (Å²) >= 11 is 0. The van der Waals surface area contributed by atoms with Crippen molar-refractivity contribution in [3.8, 4) is 0 Å². The van der Waals surface area contributed by atoms with E-state index >= 15 is 0 Å². The predicted octanol–water partition coefficient (Wildman–Crippen LogP) is 1.17. The third-order valence-corrected chi connectivity index (χ3v) is 3.04. The Bertz CT molecular complexity index is 385. The lowest BCUT2D eigenvalue weighted by atomic mass is 9.63. The molecule has 0 amide bonds. The lowest BCUT2D eigenvalue weighted by Crippen LogP contribution is -2.50. The second kappa shape index (κ2) is 4.31. The van der Waals surface area contributed by atoms with E-state index in [1.165, 1.54) is 0 Å². The molecule has 88 valence electrons. The molecular weight excluding hydrogens is 230 g/mol. The van der Waals surface area contributed by atoms with Gasteiger partial charge in [0.1, 0.15) is 0 Å². The van der Waals surface area contributed by atoms with Gasteiger partial charge in [0, 0.05) is 5.69 Å². The van der Waals surface area contributed by atoms with E-state index in [0.29, 0.717) is 5.69 Å². The van der Waals surface area contributed by atoms with Crippen LogP contribution in [-0.2, 0) is 10.2 Å². The van der Waals surface area contributed by atoms with Crippen LogP contribution in [0.2, 0.25) is 0 Å². The van der Waals surface area contributed by atoms with E-state index in [-0.39, 0.29) is 25.2 Å². The molecule has 0 bridgehead atoms. The molecule has 1 saturated carbocycles.